The molecule has 2 fully saturated rings. The molecule has 3 aromatic rings. The van der Waals surface area contributed by atoms with Gasteiger partial charge in [-0.05, 0) is 30.2 Å². The minimum absolute atomic E-state index is 0.0537. The van der Waals surface area contributed by atoms with E-state index in [9.17, 15) is 23.6 Å². The zero-order valence-corrected chi connectivity index (χ0v) is 19.5. The van der Waals surface area contributed by atoms with Crippen LogP contribution in [0.15, 0.2) is 34.7 Å². The molecule has 0 aliphatic carbocycles. The number of aromatic nitrogens is 1. The Bertz CT molecular complexity index is 1420. The van der Waals surface area contributed by atoms with E-state index in [4.69, 9.17) is 9.15 Å². The number of halogens is 1. The molecule has 3 aliphatic heterocycles. The molecule has 1 atom stereocenters. The quantitative estimate of drug-likeness (QED) is 0.533. The van der Waals surface area contributed by atoms with E-state index >= 15 is 0 Å². The lowest BCUT2D eigenvalue weighted by Gasteiger charge is -2.13. The smallest absolute Gasteiger partial charge is 0.322 e. The number of imide groups is 1. The summed E-state index contributed by atoms with van der Waals surface area (Å²) in [7, 11) is 3.03. The summed E-state index contributed by atoms with van der Waals surface area (Å²) < 4.78 is 24.0. The number of furan rings is 1. The Kier molecular flexibility index (Phi) is 5.78. The number of amides is 5. The number of anilines is 1. The van der Waals surface area contributed by atoms with E-state index in [1.807, 2.05) is 0 Å². The maximum absolute atomic E-state index is 13.6. The molecule has 12 heteroatoms. The number of carbonyl (C=O) groups is 4. The Labute approximate surface area is 204 Å². The van der Waals surface area contributed by atoms with Crippen LogP contribution in [0.3, 0.4) is 0 Å². The van der Waals surface area contributed by atoms with Gasteiger partial charge in [0.2, 0.25) is 5.91 Å². The first-order chi connectivity index (χ1) is 17.3. The van der Waals surface area contributed by atoms with Gasteiger partial charge >= 0.3 is 6.03 Å². The number of benzene rings is 1. The van der Waals surface area contributed by atoms with Crippen molar-refractivity contribution >= 4 is 40.7 Å². The lowest BCUT2D eigenvalue weighted by atomic mass is 10.1. The first-order valence-electron chi connectivity index (χ1n) is 11.2. The van der Waals surface area contributed by atoms with Crippen LogP contribution in [0, 0.1) is 5.82 Å². The Morgan fingerprint density at radius 2 is 1.97 bits per heavy atom. The molecule has 11 nitrogen and oxygen atoms in total. The van der Waals surface area contributed by atoms with Gasteiger partial charge in [0.25, 0.3) is 11.8 Å². The average Bonchev–Trinajstić information content (AvgIpc) is 3.61. The molecule has 1 unspecified atom stereocenters. The summed E-state index contributed by atoms with van der Waals surface area (Å²) in [4.78, 5) is 53.6. The predicted octanol–water partition coefficient (Wildman–Crippen LogP) is 2.25. The standard InChI is InChI=1S/C14H12N4O4.C10H10FNO2/c19-11-2-1-5-18(11)10-4-3-8-7(15-10)6-9(22-8)12-13(20)17-14(21)16-12;1-12-5-6-3-4-7(14-2)9(11)8(6)10(12)13/h3-4,6,12H,1-2,5H2,(H2,16,17,20,21);3-4H,5H2,1-2H3. The number of pyridine rings is 1. The Hall–Kier alpha value is -4.48. The van der Waals surface area contributed by atoms with Gasteiger partial charge in [0.15, 0.2) is 23.2 Å². The highest BCUT2D eigenvalue weighted by atomic mass is 19.1. The Morgan fingerprint density at radius 3 is 2.64 bits per heavy atom. The van der Waals surface area contributed by atoms with Gasteiger partial charge in [0.05, 0.1) is 12.7 Å². The highest BCUT2D eigenvalue weighted by Gasteiger charge is 2.34. The zero-order valence-electron chi connectivity index (χ0n) is 19.5. The van der Waals surface area contributed by atoms with Crippen molar-refractivity contribution in [3.63, 3.8) is 0 Å². The second-order valence-electron chi connectivity index (χ2n) is 8.52. The van der Waals surface area contributed by atoms with Crippen molar-refractivity contribution in [1.82, 2.24) is 20.5 Å². The van der Waals surface area contributed by atoms with E-state index in [0.29, 0.717) is 42.2 Å². The first-order valence-corrected chi connectivity index (χ1v) is 11.2. The minimum Gasteiger partial charge on any atom is -0.494 e. The van der Waals surface area contributed by atoms with Crippen molar-refractivity contribution in [2.75, 3.05) is 25.6 Å². The second kappa shape index (κ2) is 8.95. The number of carbonyl (C=O) groups excluding carboxylic acids is 4. The Morgan fingerprint density at radius 1 is 1.17 bits per heavy atom. The van der Waals surface area contributed by atoms with E-state index in [0.717, 1.165) is 12.0 Å². The van der Waals surface area contributed by atoms with Gasteiger partial charge in [-0.3, -0.25) is 24.6 Å². The number of hydrogen-bond donors (Lipinski definition) is 2. The van der Waals surface area contributed by atoms with Crippen molar-refractivity contribution < 1.29 is 32.7 Å². The summed E-state index contributed by atoms with van der Waals surface area (Å²) in [6, 6.07) is 6.90. The summed E-state index contributed by atoms with van der Waals surface area (Å²) >= 11 is 0. The summed E-state index contributed by atoms with van der Waals surface area (Å²) in [6.07, 6.45) is 1.36. The van der Waals surface area contributed by atoms with Crippen LogP contribution >= 0.6 is 0 Å². The molecule has 186 valence electrons. The highest BCUT2D eigenvalue weighted by Crippen LogP contribution is 2.30. The monoisotopic (exact) mass is 495 g/mol. The normalized spacial score (nSPS) is 18.8. The number of ether oxygens (including phenoxy) is 1. The molecule has 5 amide bonds. The molecule has 2 N–H and O–H groups in total. The van der Waals surface area contributed by atoms with Gasteiger partial charge in [0.1, 0.15) is 17.1 Å². The number of hydrogen-bond acceptors (Lipinski definition) is 7. The van der Waals surface area contributed by atoms with Crippen LogP contribution < -0.4 is 20.3 Å². The van der Waals surface area contributed by atoms with Gasteiger partial charge in [0, 0.05) is 32.6 Å². The number of methoxy groups -OCH3 is 1. The van der Waals surface area contributed by atoms with Gasteiger partial charge in [-0.1, -0.05) is 6.07 Å². The van der Waals surface area contributed by atoms with Crippen molar-refractivity contribution in [1.29, 1.82) is 0 Å². The Balaban J connectivity index is 0.000000165. The average molecular weight is 495 g/mol. The number of fused-ring (bicyclic) bond motifs is 2. The lowest BCUT2D eigenvalue weighted by Crippen LogP contribution is -2.24. The van der Waals surface area contributed by atoms with Crippen LogP contribution in [0.25, 0.3) is 11.1 Å². The van der Waals surface area contributed by atoms with Gasteiger partial charge in [-0.15, -0.1) is 0 Å². The number of urea groups is 1. The van der Waals surface area contributed by atoms with Crippen LogP contribution in [-0.2, 0) is 16.1 Å². The summed E-state index contributed by atoms with van der Waals surface area (Å²) in [5.41, 5.74) is 1.91. The maximum Gasteiger partial charge on any atom is 0.322 e. The molecule has 36 heavy (non-hydrogen) atoms. The molecular formula is C24H22FN5O6. The molecule has 0 spiro atoms. The lowest BCUT2D eigenvalue weighted by molar-refractivity contribution is -0.120. The second-order valence-corrected chi connectivity index (χ2v) is 8.52. The fraction of sp³-hybridized carbons (Fsp3) is 0.292. The third-order valence-electron chi connectivity index (χ3n) is 6.17. The van der Waals surface area contributed by atoms with E-state index in [1.54, 1.807) is 42.3 Å². The maximum atomic E-state index is 13.6. The molecule has 3 aliphatic rings. The molecule has 5 heterocycles. The van der Waals surface area contributed by atoms with Crippen LogP contribution in [0.1, 0.15) is 40.6 Å². The summed E-state index contributed by atoms with van der Waals surface area (Å²) in [5, 5.41) is 4.62. The molecule has 2 saturated heterocycles. The summed E-state index contributed by atoms with van der Waals surface area (Å²) in [6.45, 7) is 1.12. The largest absolute Gasteiger partial charge is 0.494 e. The number of nitrogens with zero attached hydrogens (tertiary/aromatic N) is 3. The SMILES string of the molecule is COc1ccc2c(c1F)C(=O)N(C)C2.O=C1NC(=O)C(c2cc3nc(N4CCCC4=O)ccc3o2)N1. The fourth-order valence-corrected chi connectivity index (χ4v) is 4.37. The predicted molar refractivity (Wildman–Crippen MR) is 124 cm³/mol. The molecule has 0 saturated carbocycles. The highest BCUT2D eigenvalue weighted by molar-refractivity contribution is 6.04. The van der Waals surface area contributed by atoms with Crippen LogP contribution in [0.4, 0.5) is 15.0 Å². The van der Waals surface area contributed by atoms with Crippen LogP contribution in [-0.4, -0.2) is 54.3 Å². The molecule has 0 bridgehead atoms. The first kappa shape index (κ1) is 23.3. The van der Waals surface area contributed by atoms with Gasteiger partial charge in [-0.2, -0.15) is 0 Å². The number of nitrogens with one attached hydrogen (secondary N) is 2. The third kappa shape index (κ3) is 4.00. The fourth-order valence-electron chi connectivity index (χ4n) is 4.37. The zero-order chi connectivity index (χ0) is 25.6. The number of rotatable bonds is 3. The van der Waals surface area contributed by atoms with Gasteiger partial charge < -0.3 is 19.4 Å². The van der Waals surface area contributed by atoms with E-state index in [2.05, 4.69) is 15.6 Å². The van der Waals surface area contributed by atoms with Crippen LogP contribution in [0.5, 0.6) is 5.75 Å². The molecule has 6 rings (SSSR count). The molecule has 2 aromatic heterocycles. The van der Waals surface area contributed by atoms with E-state index in [-0.39, 0.29) is 23.1 Å². The van der Waals surface area contributed by atoms with E-state index < -0.39 is 23.8 Å². The van der Waals surface area contributed by atoms with E-state index in [1.165, 1.54) is 12.0 Å². The summed E-state index contributed by atoms with van der Waals surface area (Å²) in [5.74, 6) is -0.238. The molecule has 1 aromatic carbocycles. The minimum atomic E-state index is -0.849. The topological polar surface area (TPSA) is 134 Å². The van der Waals surface area contributed by atoms with Crippen molar-refractivity contribution in [3.05, 3.63) is 53.0 Å². The molecular weight excluding hydrogens is 473 g/mol. The van der Waals surface area contributed by atoms with Gasteiger partial charge in [-0.25, -0.2) is 14.2 Å². The van der Waals surface area contributed by atoms with Crippen molar-refractivity contribution in [2.45, 2.75) is 25.4 Å². The van der Waals surface area contributed by atoms with Crippen molar-refractivity contribution in [2.24, 2.45) is 0 Å². The van der Waals surface area contributed by atoms with Crippen molar-refractivity contribution in [3.8, 4) is 5.75 Å². The van der Waals surface area contributed by atoms with Crippen LogP contribution in [0.2, 0.25) is 0 Å². The molecule has 0 radical (unpaired) electrons. The third-order valence-corrected chi connectivity index (χ3v) is 6.17.